The van der Waals surface area contributed by atoms with Crippen molar-refractivity contribution in [2.24, 2.45) is 11.8 Å². The van der Waals surface area contributed by atoms with Gasteiger partial charge in [0.15, 0.2) is 23.0 Å². The lowest BCUT2D eigenvalue weighted by atomic mass is 9.74. The van der Waals surface area contributed by atoms with Crippen LogP contribution in [0.5, 0.6) is 34.5 Å². The van der Waals surface area contributed by atoms with E-state index in [1.54, 1.807) is 32.1 Å². The van der Waals surface area contributed by atoms with Gasteiger partial charge in [-0.3, -0.25) is 4.79 Å². The first-order chi connectivity index (χ1) is 19.1. The highest BCUT2D eigenvalue weighted by Crippen LogP contribution is 2.60. The fraction of sp³-hybridized carbons (Fsp3) is 0.467. The van der Waals surface area contributed by atoms with Crippen LogP contribution in [0.2, 0.25) is 0 Å². The van der Waals surface area contributed by atoms with Crippen LogP contribution in [0, 0.1) is 11.8 Å². The van der Waals surface area contributed by atoms with Crippen LogP contribution in [-0.4, -0.2) is 47.2 Å². The molecule has 2 aliphatic rings. The lowest BCUT2D eigenvalue weighted by Crippen LogP contribution is -2.31. The number of esters is 2. The molecular formula is C30H36O10. The third-order valence-electron chi connectivity index (χ3n) is 7.64. The molecule has 10 heteroatoms. The Labute approximate surface area is 234 Å². The van der Waals surface area contributed by atoms with E-state index in [1.807, 2.05) is 13.8 Å². The van der Waals surface area contributed by atoms with Crippen molar-refractivity contribution in [3.63, 3.8) is 0 Å². The van der Waals surface area contributed by atoms with Gasteiger partial charge in [-0.15, -0.1) is 0 Å². The molecule has 4 atom stereocenters. The summed E-state index contributed by atoms with van der Waals surface area (Å²) in [5, 5.41) is 0. The van der Waals surface area contributed by atoms with Crippen LogP contribution >= 0.6 is 0 Å². The first-order valence-electron chi connectivity index (χ1n) is 13.0. The average Bonchev–Trinajstić information content (AvgIpc) is 3.43. The molecule has 0 aromatic heterocycles. The van der Waals surface area contributed by atoms with Gasteiger partial charge in [0.1, 0.15) is 12.2 Å². The zero-order chi connectivity index (χ0) is 29.3. The van der Waals surface area contributed by atoms with Gasteiger partial charge in [0.25, 0.3) is 0 Å². The summed E-state index contributed by atoms with van der Waals surface area (Å²) in [5.41, 5.74) is 2.74. The molecule has 0 fully saturated rings. The summed E-state index contributed by atoms with van der Waals surface area (Å²) in [6.45, 7) is 8.71. The van der Waals surface area contributed by atoms with E-state index in [0.717, 1.165) is 0 Å². The molecule has 0 N–H and O–H groups in total. The Balaban J connectivity index is 2.20. The van der Waals surface area contributed by atoms with E-state index in [1.165, 1.54) is 35.4 Å². The fourth-order valence-corrected chi connectivity index (χ4v) is 5.33. The summed E-state index contributed by atoms with van der Waals surface area (Å²) >= 11 is 0. The Bertz CT molecular complexity index is 1340. The zero-order valence-corrected chi connectivity index (χ0v) is 24.3. The number of allylic oxidation sites excluding steroid dienone is 1. The molecule has 40 heavy (non-hydrogen) atoms. The lowest BCUT2D eigenvalue weighted by molar-refractivity contribution is -0.157. The quantitative estimate of drug-likeness (QED) is 0.318. The number of carbonyl (C=O) groups excluding carboxylic acids is 2. The third-order valence-corrected chi connectivity index (χ3v) is 7.64. The molecule has 1 aliphatic heterocycles. The van der Waals surface area contributed by atoms with Crippen LogP contribution in [-0.2, 0) is 19.1 Å². The van der Waals surface area contributed by atoms with Gasteiger partial charge in [0.2, 0.25) is 18.3 Å². The molecule has 1 heterocycles. The molecule has 0 unspecified atom stereocenters. The maximum Gasteiger partial charge on any atom is 0.333 e. The van der Waals surface area contributed by atoms with Crippen LogP contribution < -0.4 is 28.4 Å². The van der Waals surface area contributed by atoms with Gasteiger partial charge in [-0.25, -0.2) is 4.79 Å². The molecule has 10 nitrogen and oxygen atoms in total. The highest BCUT2D eigenvalue weighted by atomic mass is 16.7. The van der Waals surface area contributed by atoms with Crippen molar-refractivity contribution < 1.29 is 47.5 Å². The number of hydrogen-bond donors (Lipinski definition) is 0. The van der Waals surface area contributed by atoms with E-state index >= 15 is 0 Å². The average molecular weight is 557 g/mol. The molecule has 2 aromatic carbocycles. The van der Waals surface area contributed by atoms with E-state index in [-0.39, 0.29) is 18.6 Å². The number of rotatable bonds is 7. The molecule has 0 spiro atoms. The van der Waals surface area contributed by atoms with Gasteiger partial charge in [0.05, 0.1) is 28.4 Å². The van der Waals surface area contributed by atoms with Crippen molar-refractivity contribution in [1.82, 2.24) is 0 Å². The minimum Gasteiger partial charge on any atom is -0.493 e. The molecule has 0 radical (unpaired) electrons. The highest BCUT2D eigenvalue weighted by Gasteiger charge is 2.44. The zero-order valence-electron chi connectivity index (χ0n) is 24.3. The van der Waals surface area contributed by atoms with Crippen LogP contribution in [0.15, 0.2) is 23.8 Å². The molecule has 4 rings (SSSR count). The number of methoxy groups -OCH3 is 4. The first-order valence-corrected chi connectivity index (χ1v) is 13.0. The van der Waals surface area contributed by atoms with Crippen LogP contribution in [0.25, 0.3) is 11.1 Å². The molecule has 0 amide bonds. The van der Waals surface area contributed by atoms with Crippen molar-refractivity contribution >= 4 is 11.9 Å². The Hall–Kier alpha value is -4.08. The van der Waals surface area contributed by atoms with Gasteiger partial charge in [-0.2, -0.15) is 0 Å². The minimum atomic E-state index is -0.792. The van der Waals surface area contributed by atoms with Gasteiger partial charge < -0.3 is 37.9 Å². The van der Waals surface area contributed by atoms with Crippen LogP contribution in [0.3, 0.4) is 0 Å². The normalized spacial score (nSPS) is 21.3. The predicted molar refractivity (Wildman–Crippen MR) is 145 cm³/mol. The smallest absolute Gasteiger partial charge is 0.333 e. The molecular weight excluding hydrogens is 520 g/mol. The topological polar surface area (TPSA) is 108 Å². The summed E-state index contributed by atoms with van der Waals surface area (Å²) in [4.78, 5) is 25.6. The van der Waals surface area contributed by atoms with Gasteiger partial charge in [-0.1, -0.05) is 19.9 Å². The summed E-state index contributed by atoms with van der Waals surface area (Å²) < 4.78 is 47.0. The second-order valence-electron chi connectivity index (χ2n) is 9.76. The summed E-state index contributed by atoms with van der Waals surface area (Å²) in [6.07, 6.45) is 0.126. The van der Waals surface area contributed by atoms with Gasteiger partial charge in [-0.05, 0) is 26.0 Å². The number of ether oxygens (including phenoxy) is 8. The van der Waals surface area contributed by atoms with Crippen molar-refractivity contribution in [3.05, 3.63) is 34.9 Å². The Morgan fingerprint density at radius 2 is 1.38 bits per heavy atom. The number of benzene rings is 2. The SMILES string of the molecule is C/C=C(/C)C(=O)O[C@H]1c2cc3c(c(OC)c2-c2c(cc(OC)c(OC)c2OC)[C@H](OC(C)=O)[C@@H](C)[C@H]1C)OCO3. The maximum atomic E-state index is 13.2. The van der Waals surface area contributed by atoms with Crippen molar-refractivity contribution in [2.75, 3.05) is 35.2 Å². The van der Waals surface area contributed by atoms with E-state index in [0.29, 0.717) is 62.3 Å². The molecule has 0 saturated heterocycles. The number of carbonyl (C=O) groups is 2. The molecule has 0 saturated carbocycles. The van der Waals surface area contributed by atoms with Crippen molar-refractivity contribution in [1.29, 1.82) is 0 Å². The van der Waals surface area contributed by atoms with E-state index in [4.69, 9.17) is 37.9 Å². The first kappa shape index (κ1) is 28.9. The number of fused-ring (bicyclic) bond motifs is 4. The minimum absolute atomic E-state index is 0.00528. The van der Waals surface area contributed by atoms with Gasteiger partial charge >= 0.3 is 11.9 Å². The Morgan fingerprint density at radius 1 is 0.800 bits per heavy atom. The summed E-state index contributed by atoms with van der Waals surface area (Å²) in [7, 11) is 6.05. The second-order valence-corrected chi connectivity index (χ2v) is 9.76. The second kappa shape index (κ2) is 11.6. The largest absolute Gasteiger partial charge is 0.493 e. The standard InChI is InChI=1S/C30H36O10/c1-10-14(2)30(32)40-25-16(4)15(3)24(39-17(5)31)18-11-20(33-6)26(34-7)28(35-8)22(18)23-19(25)12-21-27(29(23)36-9)38-13-37-21/h10-12,15-16,24-25H,13H2,1-9H3/b14-10-/t15-,16+,24+,25+/m0/s1. The van der Waals surface area contributed by atoms with E-state index in [2.05, 4.69) is 0 Å². The van der Waals surface area contributed by atoms with E-state index in [9.17, 15) is 9.59 Å². The maximum absolute atomic E-state index is 13.2. The Morgan fingerprint density at radius 3 is 1.93 bits per heavy atom. The highest BCUT2D eigenvalue weighted by molar-refractivity contribution is 5.91. The molecule has 0 bridgehead atoms. The third kappa shape index (κ3) is 4.76. The predicted octanol–water partition coefficient (Wildman–Crippen LogP) is 5.56. The lowest BCUT2D eigenvalue weighted by Gasteiger charge is -2.38. The fourth-order valence-electron chi connectivity index (χ4n) is 5.33. The molecule has 1 aliphatic carbocycles. The Kier molecular flexibility index (Phi) is 8.37. The van der Waals surface area contributed by atoms with Crippen LogP contribution in [0.1, 0.15) is 58.0 Å². The van der Waals surface area contributed by atoms with E-state index < -0.39 is 24.1 Å². The van der Waals surface area contributed by atoms with Crippen LogP contribution in [0.4, 0.5) is 0 Å². The molecule has 2 aromatic rings. The van der Waals surface area contributed by atoms with Crippen molar-refractivity contribution in [2.45, 2.75) is 46.8 Å². The molecule has 216 valence electrons. The monoisotopic (exact) mass is 556 g/mol. The number of hydrogen-bond acceptors (Lipinski definition) is 10. The summed E-state index contributed by atoms with van der Waals surface area (Å²) in [6, 6.07) is 3.58. The summed E-state index contributed by atoms with van der Waals surface area (Å²) in [5.74, 6) is 0.625. The van der Waals surface area contributed by atoms with Gasteiger partial charge in [0, 0.05) is 46.6 Å². The van der Waals surface area contributed by atoms with Crippen molar-refractivity contribution in [3.8, 4) is 45.6 Å².